The van der Waals surface area contributed by atoms with Gasteiger partial charge in [0.2, 0.25) is 0 Å². The second-order valence-corrected chi connectivity index (χ2v) is 9.85. The Kier molecular flexibility index (Phi) is 7.82. The van der Waals surface area contributed by atoms with Gasteiger partial charge in [0.15, 0.2) is 16.6 Å². The smallest absolute Gasteiger partial charge is 0.270 e. The summed E-state index contributed by atoms with van der Waals surface area (Å²) in [7, 11) is 1.49. The standard InChI is InChI=1S/C25H17BrFIN2O4S/c1-33-21-12-15(11-18(26)22(21)34-13-14-6-8-16(28)9-7-14)10-17-23(31)29-25(35)30(24(17)32)20-5-3-2-4-19(20)27/h2-12H,13H2,1H3,(H,29,31,35)/b17-10+. The molecule has 0 saturated carbocycles. The summed E-state index contributed by atoms with van der Waals surface area (Å²) in [6, 6.07) is 17.0. The molecule has 0 atom stereocenters. The molecule has 2 amide bonds. The van der Waals surface area contributed by atoms with Crippen LogP contribution in [-0.4, -0.2) is 24.0 Å². The van der Waals surface area contributed by atoms with Crippen LogP contribution in [0.2, 0.25) is 0 Å². The van der Waals surface area contributed by atoms with E-state index in [4.69, 9.17) is 21.7 Å². The summed E-state index contributed by atoms with van der Waals surface area (Å²) in [6.45, 7) is 0.322. The number of thiocarbonyl (C=S) groups is 1. The van der Waals surface area contributed by atoms with Crippen molar-refractivity contribution in [3.8, 4) is 11.5 Å². The van der Waals surface area contributed by atoms with Crippen LogP contribution in [0.4, 0.5) is 10.1 Å². The fourth-order valence-corrected chi connectivity index (χ4v) is 4.58. The normalized spacial score (nSPS) is 14.8. The van der Waals surface area contributed by atoms with Gasteiger partial charge in [0.25, 0.3) is 11.8 Å². The first kappa shape index (κ1) is 25.3. The third-order valence-electron chi connectivity index (χ3n) is 5.05. The van der Waals surface area contributed by atoms with Gasteiger partial charge in [-0.05, 0) is 104 Å². The third kappa shape index (κ3) is 5.54. The number of halogens is 3. The number of ether oxygens (including phenoxy) is 2. The van der Waals surface area contributed by atoms with Gasteiger partial charge in [0.1, 0.15) is 18.0 Å². The number of rotatable bonds is 6. The largest absolute Gasteiger partial charge is 0.493 e. The quantitative estimate of drug-likeness (QED) is 0.160. The maximum Gasteiger partial charge on any atom is 0.270 e. The molecule has 0 aliphatic carbocycles. The molecule has 35 heavy (non-hydrogen) atoms. The van der Waals surface area contributed by atoms with Gasteiger partial charge in [-0.25, -0.2) is 9.29 Å². The predicted molar refractivity (Wildman–Crippen MR) is 147 cm³/mol. The summed E-state index contributed by atoms with van der Waals surface area (Å²) < 4.78 is 27.5. The molecule has 3 aromatic rings. The van der Waals surface area contributed by atoms with Gasteiger partial charge in [-0.15, -0.1) is 0 Å². The molecule has 6 nitrogen and oxygen atoms in total. The maximum atomic E-state index is 14.4. The Hall–Kier alpha value is -2.83. The highest BCUT2D eigenvalue weighted by Crippen LogP contribution is 2.38. The second-order valence-electron chi connectivity index (χ2n) is 7.36. The summed E-state index contributed by atoms with van der Waals surface area (Å²) in [5.41, 5.74) is 1.23. The van der Waals surface area contributed by atoms with E-state index < -0.39 is 17.6 Å². The zero-order valence-corrected chi connectivity index (χ0v) is 22.7. The fourth-order valence-electron chi connectivity index (χ4n) is 3.38. The van der Waals surface area contributed by atoms with E-state index in [0.717, 1.165) is 14.0 Å². The summed E-state index contributed by atoms with van der Waals surface area (Å²) in [4.78, 5) is 26.7. The average Bonchev–Trinajstić information content (AvgIpc) is 2.83. The molecule has 1 fully saturated rings. The molecular weight excluding hydrogens is 650 g/mol. The first-order valence-corrected chi connectivity index (χ1v) is 12.5. The van der Waals surface area contributed by atoms with Crippen LogP contribution in [0, 0.1) is 9.39 Å². The molecule has 10 heteroatoms. The number of methoxy groups -OCH3 is 1. The number of nitrogens with one attached hydrogen (secondary N) is 1. The molecule has 178 valence electrons. The van der Waals surface area contributed by atoms with Crippen molar-refractivity contribution in [2.75, 3.05) is 12.0 Å². The van der Waals surface area contributed by atoms with Crippen LogP contribution in [0.1, 0.15) is 11.1 Å². The Balaban J connectivity index is 1.64. The number of carbonyl (C=O) groups excluding carboxylic acids is 2. The first-order chi connectivity index (χ1) is 16.8. The van der Waals surface area contributed by atoms with Crippen LogP contribution in [0.25, 0.3) is 6.08 Å². The Morgan fingerprint density at radius 2 is 1.86 bits per heavy atom. The number of carbonyl (C=O) groups is 2. The van der Waals surface area contributed by atoms with E-state index in [1.54, 1.807) is 18.2 Å². The SMILES string of the molecule is COc1cc(/C=C2\C(=O)NC(=S)N(c3ccccc3F)C2=O)cc(Br)c1OCc1ccc(I)cc1. The number of amides is 2. The lowest BCUT2D eigenvalue weighted by molar-refractivity contribution is -0.122. The van der Waals surface area contributed by atoms with Crippen molar-refractivity contribution in [1.29, 1.82) is 0 Å². The van der Waals surface area contributed by atoms with E-state index in [9.17, 15) is 14.0 Å². The number of anilines is 1. The Morgan fingerprint density at radius 3 is 2.54 bits per heavy atom. The van der Waals surface area contributed by atoms with Gasteiger partial charge in [0, 0.05) is 3.57 Å². The summed E-state index contributed by atoms with van der Waals surface area (Å²) in [5.74, 6) is -1.18. The van der Waals surface area contributed by atoms with Gasteiger partial charge >= 0.3 is 0 Å². The highest BCUT2D eigenvalue weighted by molar-refractivity contribution is 14.1. The average molecular weight is 667 g/mol. The number of nitrogens with zero attached hydrogens (tertiary/aromatic N) is 1. The summed E-state index contributed by atoms with van der Waals surface area (Å²) in [6.07, 6.45) is 1.39. The Bertz CT molecular complexity index is 1360. The fraction of sp³-hybridized carbons (Fsp3) is 0.0800. The van der Waals surface area contributed by atoms with E-state index in [1.807, 2.05) is 24.3 Å². The lowest BCUT2D eigenvalue weighted by Crippen LogP contribution is -2.54. The molecule has 0 unspecified atom stereocenters. The maximum absolute atomic E-state index is 14.4. The zero-order chi connectivity index (χ0) is 25.1. The molecule has 0 radical (unpaired) electrons. The van der Waals surface area contributed by atoms with Gasteiger partial charge in [0.05, 0.1) is 17.3 Å². The summed E-state index contributed by atoms with van der Waals surface area (Å²) >= 11 is 10.8. The van der Waals surface area contributed by atoms with Crippen molar-refractivity contribution in [3.05, 3.63) is 91.2 Å². The number of benzene rings is 3. The molecular formula is C25H17BrFIN2O4S. The van der Waals surface area contributed by atoms with Crippen molar-refractivity contribution in [3.63, 3.8) is 0 Å². The van der Waals surface area contributed by atoms with Crippen LogP contribution >= 0.6 is 50.7 Å². The summed E-state index contributed by atoms with van der Waals surface area (Å²) in [5, 5.41) is 2.25. The van der Waals surface area contributed by atoms with E-state index in [0.29, 0.717) is 28.1 Å². The van der Waals surface area contributed by atoms with Crippen LogP contribution < -0.4 is 19.7 Å². The van der Waals surface area contributed by atoms with Crippen molar-refractivity contribution in [2.24, 2.45) is 0 Å². The Labute approximate surface area is 228 Å². The number of hydrogen-bond acceptors (Lipinski definition) is 5. The van der Waals surface area contributed by atoms with Crippen molar-refractivity contribution in [1.82, 2.24) is 5.32 Å². The molecule has 1 N–H and O–H groups in total. The lowest BCUT2D eigenvalue weighted by Gasteiger charge is -2.29. The molecule has 4 rings (SSSR count). The second kappa shape index (κ2) is 10.8. The molecule has 1 aliphatic heterocycles. The third-order valence-corrected chi connectivity index (χ3v) is 6.65. The predicted octanol–water partition coefficient (Wildman–Crippen LogP) is 5.61. The van der Waals surface area contributed by atoms with E-state index in [1.165, 1.54) is 31.4 Å². The minimum absolute atomic E-state index is 0.0495. The molecule has 0 aromatic heterocycles. The van der Waals surface area contributed by atoms with E-state index in [2.05, 4.69) is 43.8 Å². The lowest BCUT2D eigenvalue weighted by atomic mass is 10.1. The highest BCUT2D eigenvalue weighted by Gasteiger charge is 2.35. The number of hydrogen-bond donors (Lipinski definition) is 1. The minimum atomic E-state index is -0.738. The van der Waals surface area contributed by atoms with Gasteiger partial charge in [-0.1, -0.05) is 24.3 Å². The first-order valence-electron chi connectivity index (χ1n) is 10.2. The molecule has 3 aromatic carbocycles. The van der Waals surface area contributed by atoms with Crippen molar-refractivity contribution < 1.29 is 23.5 Å². The zero-order valence-electron chi connectivity index (χ0n) is 18.2. The minimum Gasteiger partial charge on any atom is -0.493 e. The molecule has 1 aliphatic rings. The topological polar surface area (TPSA) is 67.9 Å². The number of para-hydroxylation sites is 1. The van der Waals surface area contributed by atoms with Crippen LogP contribution in [0.5, 0.6) is 11.5 Å². The van der Waals surface area contributed by atoms with E-state index >= 15 is 0 Å². The monoisotopic (exact) mass is 666 g/mol. The highest BCUT2D eigenvalue weighted by atomic mass is 127. The van der Waals surface area contributed by atoms with Crippen LogP contribution in [-0.2, 0) is 16.2 Å². The molecule has 0 spiro atoms. The van der Waals surface area contributed by atoms with Crippen LogP contribution in [0.15, 0.2) is 70.7 Å². The van der Waals surface area contributed by atoms with Crippen LogP contribution in [0.3, 0.4) is 0 Å². The van der Waals surface area contributed by atoms with Crippen molar-refractivity contribution in [2.45, 2.75) is 6.61 Å². The van der Waals surface area contributed by atoms with E-state index in [-0.39, 0.29) is 16.4 Å². The van der Waals surface area contributed by atoms with Gasteiger partial charge in [-0.2, -0.15) is 0 Å². The van der Waals surface area contributed by atoms with Gasteiger partial charge in [-0.3, -0.25) is 14.9 Å². The Morgan fingerprint density at radius 1 is 1.14 bits per heavy atom. The molecule has 1 heterocycles. The molecule has 1 saturated heterocycles. The van der Waals surface area contributed by atoms with Crippen molar-refractivity contribution >= 4 is 79.4 Å². The molecule has 0 bridgehead atoms. The van der Waals surface area contributed by atoms with Gasteiger partial charge < -0.3 is 9.47 Å².